The molecule has 0 bridgehead atoms. The molecule has 0 N–H and O–H groups in total. The van der Waals surface area contributed by atoms with Crippen LogP contribution >= 0.6 is 11.6 Å². The van der Waals surface area contributed by atoms with Gasteiger partial charge in [-0.25, -0.2) is 4.98 Å². The third kappa shape index (κ3) is 1.78. The monoisotopic (exact) mass is 226 g/mol. The van der Waals surface area contributed by atoms with Crippen molar-refractivity contribution in [1.82, 2.24) is 4.98 Å². The van der Waals surface area contributed by atoms with Crippen LogP contribution in [0.3, 0.4) is 0 Å². The van der Waals surface area contributed by atoms with Crippen LogP contribution in [0.4, 0.5) is 0 Å². The third-order valence-electron chi connectivity index (χ3n) is 1.56. The smallest absolute Gasteiger partial charge is 0.129 e. The van der Waals surface area contributed by atoms with Gasteiger partial charge in [0.15, 0.2) is 0 Å². The van der Waals surface area contributed by atoms with Crippen LogP contribution in [-0.2, 0) is 17.1 Å². The molecule has 1 aromatic carbocycles. The van der Waals surface area contributed by atoms with Gasteiger partial charge in [0.1, 0.15) is 5.15 Å². The molecule has 1 radical (unpaired) electrons. The summed E-state index contributed by atoms with van der Waals surface area (Å²) in [5, 5.41) is 1.67. The predicted octanol–water partition coefficient (Wildman–Crippen LogP) is 2.89. The Hall–Kier alpha value is -0.561. The summed E-state index contributed by atoms with van der Waals surface area (Å²) in [7, 11) is 0. The average Bonchev–Trinajstić information content (AvgIpc) is 2.04. The number of benzene rings is 1. The predicted molar refractivity (Wildman–Crippen MR) is 46.8 cm³/mol. The molecule has 2 aromatic rings. The first-order chi connectivity index (χ1) is 5.36. The van der Waals surface area contributed by atoms with Crippen molar-refractivity contribution < 1.29 is 17.1 Å². The first-order valence-corrected chi connectivity index (χ1v) is 3.75. The van der Waals surface area contributed by atoms with Gasteiger partial charge in [-0.15, -0.1) is 0 Å². The van der Waals surface area contributed by atoms with Gasteiger partial charge in [0.05, 0.1) is 5.52 Å². The minimum absolute atomic E-state index is 0. The Morgan fingerprint density at radius 1 is 1.00 bits per heavy atom. The van der Waals surface area contributed by atoms with Crippen molar-refractivity contribution >= 4 is 22.5 Å². The number of hydrogen-bond donors (Lipinski definition) is 0. The quantitative estimate of drug-likeness (QED) is 0.498. The Morgan fingerprint density at radius 3 is 2.58 bits per heavy atom. The van der Waals surface area contributed by atoms with Crippen molar-refractivity contribution in [2.24, 2.45) is 0 Å². The summed E-state index contributed by atoms with van der Waals surface area (Å²) in [6.07, 6.45) is 0. The first kappa shape index (κ1) is 9.53. The van der Waals surface area contributed by atoms with Gasteiger partial charge in [-0.3, -0.25) is 0 Å². The summed E-state index contributed by atoms with van der Waals surface area (Å²) in [5.41, 5.74) is 0.944. The summed E-state index contributed by atoms with van der Waals surface area (Å²) in [5.74, 6) is 0. The second kappa shape index (κ2) is 3.90. The molecule has 0 saturated heterocycles. The number of para-hydroxylation sites is 1. The van der Waals surface area contributed by atoms with Crippen LogP contribution in [0.2, 0.25) is 5.15 Å². The van der Waals surface area contributed by atoms with Crippen LogP contribution in [0.1, 0.15) is 0 Å². The van der Waals surface area contributed by atoms with Crippen LogP contribution in [0, 0.1) is 0 Å². The average molecular weight is 227 g/mol. The molecule has 1 nitrogen and oxygen atoms in total. The summed E-state index contributed by atoms with van der Waals surface area (Å²) in [4.78, 5) is 4.14. The van der Waals surface area contributed by atoms with E-state index in [1.165, 1.54) is 0 Å². The number of fused-ring (bicyclic) bond motifs is 1. The van der Waals surface area contributed by atoms with Crippen LogP contribution in [0.25, 0.3) is 10.9 Å². The van der Waals surface area contributed by atoms with Crippen molar-refractivity contribution in [1.29, 1.82) is 0 Å². The van der Waals surface area contributed by atoms with Gasteiger partial charge in [0.25, 0.3) is 0 Å². The van der Waals surface area contributed by atoms with E-state index in [9.17, 15) is 0 Å². The topological polar surface area (TPSA) is 12.9 Å². The van der Waals surface area contributed by atoms with E-state index < -0.39 is 0 Å². The van der Waals surface area contributed by atoms with Gasteiger partial charge in [-0.05, 0) is 18.2 Å². The van der Waals surface area contributed by atoms with Crippen LogP contribution in [0.15, 0.2) is 36.4 Å². The minimum Gasteiger partial charge on any atom is -0.236 e. The molecular formula is C9H6ClCuN. The van der Waals surface area contributed by atoms with Gasteiger partial charge in [-0.1, -0.05) is 29.8 Å². The molecule has 0 unspecified atom stereocenters. The van der Waals surface area contributed by atoms with Gasteiger partial charge in [0.2, 0.25) is 0 Å². The van der Waals surface area contributed by atoms with E-state index in [1.54, 1.807) is 6.07 Å². The SMILES string of the molecule is Clc1ccc2ccccc2n1.[Cu]. The fraction of sp³-hybridized carbons (Fsp3) is 0. The maximum atomic E-state index is 5.71. The number of halogens is 1. The molecule has 0 atom stereocenters. The number of pyridine rings is 1. The Labute approximate surface area is 86.2 Å². The summed E-state index contributed by atoms with van der Waals surface area (Å²) >= 11 is 5.71. The van der Waals surface area contributed by atoms with Gasteiger partial charge in [0, 0.05) is 22.5 Å². The number of nitrogens with zero attached hydrogens (tertiary/aromatic N) is 1. The molecule has 0 amide bonds. The van der Waals surface area contributed by atoms with Crippen molar-refractivity contribution in [3.63, 3.8) is 0 Å². The normalized spacial score (nSPS) is 9.42. The molecule has 2 rings (SSSR count). The largest absolute Gasteiger partial charge is 0.236 e. The third-order valence-corrected chi connectivity index (χ3v) is 1.77. The van der Waals surface area contributed by atoms with Crippen molar-refractivity contribution in [2.75, 3.05) is 0 Å². The van der Waals surface area contributed by atoms with E-state index in [0.717, 1.165) is 10.9 Å². The summed E-state index contributed by atoms with van der Waals surface area (Å²) in [6, 6.07) is 11.7. The molecule has 0 spiro atoms. The van der Waals surface area contributed by atoms with Gasteiger partial charge in [-0.2, -0.15) is 0 Å². The van der Waals surface area contributed by atoms with Crippen LogP contribution in [0.5, 0.6) is 0 Å². The Balaban J connectivity index is 0.000000720. The Morgan fingerprint density at radius 2 is 1.75 bits per heavy atom. The number of rotatable bonds is 0. The van der Waals surface area contributed by atoms with Crippen molar-refractivity contribution in [3.05, 3.63) is 41.6 Å². The van der Waals surface area contributed by atoms with E-state index in [-0.39, 0.29) is 17.1 Å². The molecule has 3 heteroatoms. The fourth-order valence-corrected chi connectivity index (χ4v) is 1.20. The zero-order chi connectivity index (χ0) is 7.68. The Kier molecular flexibility index (Phi) is 3.10. The van der Waals surface area contributed by atoms with Crippen LogP contribution in [-0.4, -0.2) is 4.98 Å². The van der Waals surface area contributed by atoms with Crippen molar-refractivity contribution in [2.45, 2.75) is 0 Å². The second-order valence-electron chi connectivity index (χ2n) is 2.33. The van der Waals surface area contributed by atoms with E-state index in [1.807, 2.05) is 30.3 Å². The molecule has 65 valence electrons. The van der Waals surface area contributed by atoms with E-state index in [4.69, 9.17) is 11.6 Å². The standard InChI is InChI=1S/C9H6ClN.Cu/c10-9-6-5-7-3-1-2-4-8(7)11-9;/h1-6H;. The molecule has 0 saturated carbocycles. The maximum Gasteiger partial charge on any atom is 0.129 e. The minimum atomic E-state index is 0. The first-order valence-electron chi connectivity index (χ1n) is 3.37. The maximum absolute atomic E-state index is 5.71. The van der Waals surface area contributed by atoms with Gasteiger partial charge < -0.3 is 0 Å². The van der Waals surface area contributed by atoms with Crippen LogP contribution < -0.4 is 0 Å². The molecule has 12 heavy (non-hydrogen) atoms. The molecule has 1 heterocycles. The zero-order valence-corrected chi connectivity index (χ0v) is 7.79. The van der Waals surface area contributed by atoms with E-state index in [0.29, 0.717) is 5.15 Å². The summed E-state index contributed by atoms with van der Waals surface area (Å²) in [6.45, 7) is 0. The molecule has 1 aromatic heterocycles. The molecule has 0 aliphatic heterocycles. The van der Waals surface area contributed by atoms with Crippen molar-refractivity contribution in [3.8, 4) is 0 Å². The molecule has 0 aliphatic rings. The summed E-state index contributed by atoms with van der Waals surface area (Å²) < 4.78 is 0. The fourth-order valence-electron chi connectivity index (χ4n) is 1.04. The Bertz CT molecular complexity index is 389. The molecule has 0 aliphatic carbocycles. The van der Waals surface area contributed by atoms with E-state index in [2.05, 4.69) is 4.98 Å². The molecular weight excluding hydrogens is 221 g/mol. The molecule has 0 fully saturated rings. The second-order valence-corrected chi connectivity index (χ2v) is 2.71. The number of hydrogen-bond acceptors (Lipinski definition) is 1. The number of aromatic nitrogens is 1. The van der Waals surface area contributed by atoms with E-state index >= 15 is 0 Å². The zero-order valence-electron chi connectivity index (χ0n) is 6.09. The van der Waals surface area contributed by atoms with Gasteiger partial charge >= 0.3 is 0 Å².